The Kier molecular flexibility index (Phi) is 4.62. The quantitative estimate of drug-likeness (QED) is 0.737. The molecule has 1 saturated carbocycles. The van der Waals surface area contributed by atoms with Gasteiger partial charge in [-0.1, -0.05) is 64.5 Å². The summed E-state index contributed by atoms with van der Waals surface area (Å²) >= 11 is 0. The topological polar surface area (TPSA) is 17.8 Å². The molecule has 0 bridgehead atoms. The van der Waals surface area contributed by atoms with E-state index in [9.17, 15) is 0 Å². The molecule has 1 unspecified atom stereocenters. The van der Waals surface area contributed by atoms with Gasteiger partial charge in [-0.2, -0.15) is 0 Å². The highest BCUT2D eigenvalue weighted by molar-refractivity contribution is 5.75. The molecule has 3 rings (SSSR count). The minimum absolute atomic E-state index is 0.715. The number of hydrogen-bond donors (Lipinski definition) is 0. The molecule has 1 atom stereocenters. The van der Waals surface area contributed by atoms with Gasteiger partial charge in [0.15, 0.2) is 0 Å². The molecule has 0 amide bonds. The van der Waals surface area contributed by atoms with Crippen molar-refractivity contribution in [1.29, 1.82) is 0 Å². The first-order chi connectivity index (χ1) is 10.3. The third-order valence-corrected chi connectivity index (χ3v) is 5.12. The summed E-state index contributed by atoms with van der Waals surface area (Å²) in [5.41, 5.74) is 2.50. The Labute approximate surface area is 128 Å². The zero-order valence-electron chi connectivity index (χ0n) is 13.5. The molecule has 0 aliphatic heterocycles. The summed E-state index contributed by atoms with van der Waals surface area (Å²) in [5, 5.41) is 0. The highest BCUT2D eigenvalue weighted by atomic mass is 15.1. The van der Waals surface area contributed by atoms with Crippen molar-refractivity contribution in [3.05, 3.63) is 30.1 Å². The lowest BCUT2D eigenvalue weighted by Gasteiger charge is -2.22. The lowest BCUT2D eigenvalue weighted by atomic mass is 9.87. The van der Waals surface area contributed by atoms with Crippen LogP contribution in [0.25, 0.3) is 11.0 Å². The molecule has 0 spiro atoms. The molecule has 0 saturated heterocycles. The lowest BCUT2D eigenvalue weighted by molar-refractivity contribution is 0.344. The van der Waals surface area contributed by atoms with Gasteiger partial charge in [-0.3, -0.25) is 0 Å². The zero-order valence-corrected chi connectivity index (χ0v) is 13.5. The van der Waals surface area contributed by atoms with Gasteiger partial charge < -0.3 is 4.57 Å². The minimum atomic E-state index is 0.715. The molecular weight excluding hydrogens is 256 g/mol. The molecule has 0 radical (unpaired) electrons. The predicted octanol–water partition coefficient (Wildman–Crippen LogP) is 5.21. The summed E-state index contributed by atoms with van der Waals surface area (Å²) in [5.74, 6) is 2.89. The molecule has 0 N–H and O–H groups in total. The summed E-state index contributed by atoms with van der Waals surface area (Å²) in [4.78, 5) is 4.96. The van der Waals surface area contributed by atoms with Crippen LogP contribution in [0.2, 0.25) is 0 Å². The van der Waals surface area contributed by atoms with E-state index in [0.717, 1.165) is 12.5 Å². The highest BCUT2D eigenvalue weighted by Gasteiger charge is 2.19. The number of nitrogens with zero attached hydrogens (tertiary/aromatic N) is 2. The Morgan fingerprint density at radius 2 is 1.95 bits per heavy atom. The maximum atomic E-state index is 4.96. The van der Waals surface area contributed by atoms with Crippen molar-refractivity contribution in [3.63, 3.8) is 0 Å². The summed E-state index contributed by atoms with van der Waals surface area (Å²) in [6.45, 7) is 5.74. The fraction of sp³-hybridized carbons (Fsp3) is 0.632. The van der Waals surface area contributed by atoms with Crippen LogP contribution in [0.15, 0.2) is 24.3 Å². The Balaban J connectivity index is 1.89. The van der Waals surface area contributed by atoms with E-state index in [4.69, 9.17) is 4.98 Å². The molecule has 2 heteroatoms. The molecule has 1 aromatic heterocycles. The number of aromatic nitrogens is 2. The van der Waals surface area contributed by atoms with Gasteiger partial charge in [0, 0.05) is 13.0 Å². The second-order valence-electron chi connectivity index (χ2n) is 6.85. The van der Waals surface area contributed by atoms with E-state index in [1.165, 1.54) is 61.8 Å². The average Bonchev–Trinajstić information content (AvgIpc) is 2.86. The van der Waals surface area contributed by atoms with Crippen molar-refractivity contribution < 1.29 is 0 Å². The standard InChI is InChI=1S/C19H28N2/c1-3-15(2)14-21-18-12-8-7-11-17(18)20-19(21)13-16-9-5-4-6-10-16/h7-8,11-12,15-16H,3-6,9-10,13-14H2,1-2H3. The number of para-hydroxylation sites is 2. The number of imidazole rings is 1. The first-order valence-electron chi connectivity index (χ1n) is 8.72. The van der Waals surface area contributed by atoms with Crippen LogP contribution in [0.3, 0.4) is 0 Å². The fourth-order valence-electron chi connectivity index (χ4n) is 3.58. The number of fused-ring (bicyclic) bond motifs is 1. The number of rotatable bonds is 5. The van der Waals surface area contributed by atoms with Crippen LogP contribution < -0.4 is 0 Å². The van der Waals surface area contributed by atoms with Gasteiger partial charge in [0.05, 0.1) is 11.0 Å². The van der Waals surface area contributed by atoms with Gasteiger partial charge >= 0.3 is 0 Å². The lowest BCUT2D eigenvalue weighted by Crippen LogP contribution is -2.15. The molecule has 114 valence electrons. The first kappa shape index (κ1) is 14.6. The van der Waals surface area contributed by atoms with Gasteiger partial charge in [0.2, 0.25) is 0 Å². The second kappa shape index (κ2) is 6.64. The predicted molar refractivity (Wildman–Crippen MR) is 89.5 cm³/mol. The van der Waals surface area contributed by atoms with Crippen LogP contribution in [0.1, 0.15) is 58.2 Å². The maximum absolute atomic E-state index is 4.96. The van der Waals surface area contributed by atoms with Gasteiger partial charge in [-0.25, -0.2) is 4.98 Å². The maximum Gasteiger partial charge on any atom is 0.110 e. The van der Waals surface area contributed by atoms with E-state index < -0.39 is 0 Å². The molecule has 1 fully saturated rings. The van der Waals surface area contributed by atoms with E-state index >= 15 is 0 Å². The molecule has 1 heterocycles. The second-order valence-corrected chi connectivity index (χ2v) is 6.85. The summed E-state index contributed by atoms with van der Waals surface area (Å²) < 4.78 is 2.50. The summed E-state index contributed by atoms with van der Waals surface area (Å²) in [6.07, 6.45) is 9.45. The third kappa shape index (κ3) is 3.30. The number of benzene rings is 1. The monoisotopic (exact) mass is 284 g/mol. The van der Waals surface area contributed by atoms with Gasteiger partial charge in [0.25, 0.3) is 0 Å². The fourth-order valence-corrected chi connectivity index (χ4v) is 3.58. The normalized spacial score (nSPS) is 18.2. The van der Waals surface area contributed by atoms with Crippen LogP contribution in [0, 0.1) is 11.8 Å². The van der Waals surface area contributed by atoms with E-state index in [-0.39, 0.29) is 0 Å². The zero-order chi connectivity index (χ0) is 14.7. The van der Waals surface area contributed by atoms with Gasteiger partial charge in [0.1, 0.15) is 5.82 Å². The summed E-state index contributed by atoms with van der Waals surface area (Å²) in [6, 6.07) is 8.64. The van der Waals surface area contributed by atoms with Crippen LogP contribution in [0.5, 0.6) is 0 Å². The smallest absolute Gasteiger partial charge is 0.110 e. The van der Waals surface area contributed by atoms with E-state index in [1.807, 2.05) is 0 Å². The Morgan fingerprint density at radius 1 is 1.19 bits per heavy atom. The molecule has 21 heavy (non-hydrogen) atoms. The Morgan fingerprint density at radius 3 is 2.71 bits per heavy atom. The van der Waals surface area contributed by atoms with Gasteiger partial charge in [-0.05, 0) is 24.0 Å². The van der Waals surface area contributed by atoms with Crippen LogP contribution in [-0.2, 0) is 13.0 Å². The molecule has 2 nitrogen and oxygen atoms in total. The van der Waals surface area contributed by atoms with Crippen molar-refractivity contribution in [2.45, 2.75) is 65.3 Å². The van der Waals surface area contributed by atoms with Crippen molar-refractivity contribution in [2.75, 3.05) is 0 Å². The largest absolute Gasteiger partial charge is 0.328 e. The van der Waals surface area contributed by atoms with E-state index in [0.29, 0.717) is 5.92 Å². The molecule has 1 aliphatic carbocycles. The SMILES string of the molecule is CCC(C)Cn1c(CC2CCCCC2)nc2ccccc21. The highest BCUT2D eigenvalue weighted by Crippen LogP contribution is 2.28. The van der Waals surface area contributed by atoms with Crippen LogP contribution in [0.4, 0.5) is 0 Å². The molecule has 1 aromatic carbocycles. The van der Waals surface area contributed by atoms with Crippen molar-refractivity contribution in [1.82, 2.24) is 9.55 Å². The molecule has 2 aromatic rings. The Bertz CT molecular complexity index is 578. The average molecular weight is 284 g/mol. The molecule has 1 aliphatic rings. The first-order valence-corrected chi connectivity index (χ1v) is 8.72. The van der Waals surface area contributed by atoms with E-state index in [1.54, 1.807) is 0 Å². The van der Waals surface area contributed by atoms with Gasteiger partial charge in [-0.15, -0.1) is 0 Å². The van der Waals surface area contributed by atoms with E-state index in [2.05, 4.69) is 42.7 Å². The summed E-state index contributed by atoms with van der Waals surface area (Å²) in [7, 11) is 0. The Hall–Kier alpha value is -1.31. The molecular formula is C19H28N2. The van der Waals surface area contributed by atoms with Crippen molar-refractivity contribution in [2.24, 2.45) is 11.8 Å². The number of hydrogen-bond acceptors (Lipinski definition) is 1. The van der Waals surface area contributed by atoms with Crippen LogP contribution in [-0.4, -0.2) is 9.55 Å². The van der Waals surface area contributed by atoms with Crippen LogP contribution >= 0.6 is 0 Å². The third-order valence-electron chi connectivity index (χ3n) is 5.12. The van der Waals surface area contributed by atoms with Crippen molar-refractivity contribution in [3.8, 4) is 0 Å². The minimum Gasteiger partial charge on any atom is -0.328 e. The van der Waals surface area contributed by atoms with Crippen molar-refractivity contribution >= 4 is 11.0 Å².